The Morgan fingerprint density at radius 1 is 1.07 bits per heavy atom. The third-order valence-electron chi connectivity index (χ3n) is 3.55. The highest BCUT2D eigenvalue weighted by molar-refractivity contribution is 6.30. The molecule has 3 aromatic carbocycles. The largest absolute Gasteiger partial charge is 0.484 e. The van der Waals surface area contributed by atoms with Crippen LogP contribution in [0.1, 0.15) is 5.56 Å². The van der Waals surface area contributed by atoms with Gasteiger partial charge in [0.2, 0.25) is 0 Å². The van der Waals surface area contributed by atoms with Crippen LogP contribution >= 0.6 is 11.6 Å². The first kappa shape index (κ1) is 18.6. The Labute approximate surface area is 161 Å². The fourth-order valence-electron chi connectivity index (χ4n) is 2.23. The van der Waals surface area contributed by atoms with E-state index in [0.717, 1.165) is 11.3 Å². The number of carbonyl (C=O) groups is 1. The Balaban J connectivity index is 1.51. The maximum atomic E-state index is 12.8. The van der Waals surface area contributed by atoms with Crippen molar-refractivity contribution in [2.45, 2.75) is 0 Å². The molecule has 0 saturated carbocycles. The minimum absolute atomic E-state index is 0.146. The van der Waals surface area contributed by atoms with E-state index in [9.17, 15) is 9.18 Å². The smallest absolute Gasteiger partial charge is 0.262 e. The molecule has 0 radical (unpaired) electrons. The van der Waals surface area contributed by atoms with Gasteiger partial charge in [-0.15, -0.1) is 0 Å². The molecule has 136 valence electrons. The van der Waals surface area contributed by atoms with Gasteiger partial charge in [-0.25, -0.2) is 4.39 Å². The van der Waals surface area contributed by atoms with Gasteiger partial charge in [0.05, 0.1) is 5.69 Å². The molecule has 1 amide bonds. The van der Waals surface area contributed by atoms with E-state index in [-0.39, 0.29) is 18.3 Å². The fourth-order valence-corrected chi connectivity index (χ4v) is 2.42. The van der Waals surface area contributed by atoms with E-state index >= 15 is 0 Å². The Hall–Kier alpha value is -3.18. The summed E-state index contributed by atoms with van der Waals surface area (Å²) in [4.78, 5) is 16.2. The number of amides is 1. The van der Waals surface area contributed by atoms with Crippen molar-refractivity contribution in [1.82, 2.24) is 0 Å². The first-order valence-corrected chi connectivity index (χ1v) is 8.54. The molecule has 0 heterocycles. The van der Waals surface area contributed by atoms with Gasteiger partial charge in [0.25, 0.3) is 5.91 Å². The summed E-state index contributed by atoms with van der Waals surface area (Å²) in [5.74, 6) is -0.124. The molecule has 4 nitrogen and oxygen atoms in total. The van der Waals surface area contributed by atoms with Crippen LogP contribution in [0.3, 0.4) is 0 Å². The van der Waals surface area contributed by atoms with E-state index in [4.69, 9.17) is 16.3 Å². The predicted molar refractivity (Wildman–Crippen MR) is 106 cm³/mol. The second-order valence-corrected chi connectivity index (χ2v) is 6.09. The zero-order valence-corrected chi connectivity index (χ0v) is 15.0. The highest BCUT2D eigenvalue weighted by atomic mass is 35.5. The molecule has 27 heavy (non-hydrogen) atoms. The lowest BCUT2D eigenvalue weighted by atomic mass is 10.2. The molecule has 0 fully saturated rings. The summed E-state index contributed by atoms with van der Waals surface area (Å²) in [6.45, 7) is -0.146. The van der Waals surface area contributed by atoms with Crippen molar-refractivity contribution in [1.29, 1.82) is 0 Å². The van der Waals surface area contributed by atoms with E-state index in [1.165, 1.54) is 24.3 Å². The number of carbonyl (C=O) groups excluding carboxylic acids is 1. The molecule has 0 atom stereocenters. The molecule has 0 bridgehead atoms. The van der Waals surface area contributed by atoms with Crippen LogP contribution in [0.25, 0.3) is 0 Å². The number of hydrogen-bond acceptors (Lipinski definition) is 3. The van der Waals surface area contributed by atoms with E-state index in [1.54, 1.807) is 30.5 Å². The first-order valence-electron chi connectivity index (χ1n) is 8.16. The number of hydrogen-bond donors (Lipinski definition) is 1. The van der Waals surface area contributed by atoms with Gasteiger partial charge in [-0.3, -0.25) is 9.79 Å². The highest BCUT2D eigenvalue weighted by Crippen LogP contribution is 2.18. The molecule has 1 N–H and O–H groups in total. The van der Waals surface area contributed by atoms with Gasteiger partial charge in [0.15, 0.2) is 6.61 Å². The molecule has 0 aliphatic heterocycles. The van der Waals surface area contributed by atoms with Crippen LogP contribution in [-0.4, -0.2) is 18.7 Å². The van der Waals surface area contributed by atoms with E-state index in [2.05, 4.69) is 10.3 Å². The van der Waals surface area contributed by atoms with E-state index in [1.807, 2.05) is 24.3 Å². The molecular weight excluding hydrogens is 367 g/mol. The maximum absolute atomic E-state index is 12.8. The summed E-state index contributed by atoms with van der Waals surface area (Å²) in [5.41, 5.74) is 2.16. The lowest BCUT2D eigenvalue weighted by molar-refractivity contribution is -0.118. The molecule has 6 heteroatoms. The monoisotopic (exact) mass is 382 g/mol. The van der Waals surface area contributed by atoms with Crippen molar-refractivity contribution in [3.8, 4) is 5.75 Å². The Kier molecular flexibility index (Phi) is 6.18. The topological polar surface area (TPSA) is 50.7 Å². The fraction of sp³-hybridized carbons (Fsp3) is 0.0476. The number of benzene rings is 3. The van der Waals surface area contributed by atoms with Gasteiger partial charge < -0.3 is 10.1 Å². The number of aliphatic imine (C=N–C) groups is 1. The summed E-state index contributed by atoms with van der Waals surface area (Å²) >= 11 is 5.93. The number of halogens is 2. The highest BCUT2D eigenvalue weighted by Gasteiger charge is 2.04. The third kappa shape index (κ3) is 5.94. The third-order valence-corrected chi connectivity index (χ3v) is 3.78. The molecule has 0 aromatic heterocycles. The first-order chi connectivity index (χ1) is 13.1. The average molecular weight is 383 g/mol. The average Bonchev–Trinajstić information content (AvgIpc) is 2.67. The van der Waals surface area contributed by atoms with E-state index in [0.29, 0.717) is 16.5 Å². The zero-order valence-electron chi connectivity index (χ0n) is 14.2. The van der Waals surface area contributed by atoms with E-state index < -0.39 is 0 Å². The second kappa shape index (κ2) is 8.96. The summed E-state index contributed by atoms with van der Waals surface area (Å²) < 4.78 is 18.3. The summed E-state index contributed by atoms with van der Waals surface area (Å²) in [6, 6.07) is 20.0. The zero-order chi connectivity index (χ0) is 19.1. The predicted octanol–water partition coefficient (Wildman–Crippen LogP) is 5.25. The molecule has 0 saturated heterocycles. The van der Waals surface area contributed by atoms with Crippen LogP contribution in [-0.2, 0) is 4.79 Å². The molecule has 3 rings (SSSR count). The quantitative estimate of drug-likeness (QED) is 0.592. The maximum Gasteiger partial charge on any atom is 0.262 e. The van der Waals surface area contributed by atoms with Gasteiger partial charge >= 0.3 is 0 Å². The van der Waals surface area contributed by atoms with Crippen molar-refractivity contribution in [2.24, 2.45) is 4.99 Å². The van der Waals surface area contributed by atoms with Crippen molar-refractivity contribution in [2.75, 3.05) is 11.9 Å². The Morgan fingerprint density at radius 2 is 1.81 bits per heavy atom. The minimum Gasteiger partial charge on any atom is -0.484 e. The summed E-state index contributed by atoms with van der Waals surface area (Å²) in [7, 11) is 0. The van der Waals surface area contributed by atoms with Crippen LogP contribution in [0.4, 0.5) is 15.8 Å². The van der Waals surface area contributed by atoms with Crippen LogP contribution in [0.2, 0.25) is 5.02 Å². The summed E-state index contributed by atoms with van der Waals surface area (Å²) in [5, 5.41) is 3.26. The van der Waals surface area contributed by atoms with Crippen LogP contribution in [0.15, 0.2) is 77.8 Å². The molecular formula is C21H16ClFN2O2. The summed E-state index contributed by atoms with van der Waals surface area (Å²) in [6.07, 6.45) is 1.72. The van der Waals surface area contributed by atoms with Crippen LogP contribution in [0.5, 0.6) is 5.75 Å². The number of anilines is 1. The number of nitrogens with one attached hydrogen (secondary N) is 1. The van der Waals surface area contributed by atoms with Gasteiger partial charge in [-0.05, 0) is 72.3 Å². The van der Waals surface area contributed by atoms with Crippen molar-refractivity contribution < 1.29 is 13.9 Å². The molecule has 3 aromatic rings. The number of rotatable bonds is 6. The molecule has 0 unspecified atom stereocenters. The Morgan fingerprint density at radius 3 is 2.52 bits per heavy atom. The number of ether oxygens (including phenoxy) is 1. The van der Waals surface area contributed by atoms with Crippen LogP contribution < -0.4 is 10.1 Å². The normalized spacial score (nSPS) is 10.7. The van der Waals surface area contributed by atoms with Crippen molar-refractivity contribution in [3.63, 3.8) is 0 Å². The molecule has 0 aliphatic rings. The SMILES string of the molecule is O=C(COc1ccc(C=Nc2cccc(Cl)c2)cc1)Nc1ccc(F)cc1. The van der Waals surface area contributed by atoms with Gasteiger partial charge in [-0.1, -0.05) is 17.7 Å². The Bertz CT molecular complexity index is 941. The van der Waals surface area contributed by atoms with Gasteiger partial charge in [-0.2, -0.15) is 0 Å². The molecule has 0 aliphatic carbocycles. The molecule has 0 spiro atoms. The number of nitrogens with zero attached hydrogens (tertiary/aromatic N) is 1. The van der Waals surface area contributed by atoms with Crippen molar-refractivity contribution >= 4 is 35.1 Å². The standard InChI is InChI=1S/C21H16ClFN2O2/c22-16-2-1-3-19(12-16)24-13-15-4-10-20(11-5-15)27-14-21(26)25-18-8-6-17(23)7-9-18/h1-13H,14H2,(H,25,26). The van der Waals surface area contributed by atoms with Gasteiger partial charge in [0.1, 0.15) is 11.6 Å². The lowest BCUT2D eigenvalue weighted by Gasteiger charge is -2.07. The van der Waals surface area contributed by atoms with Crippen molar-refractivity contribution in [3.05, 3.63) is 89.2 Å². The lowest BCUT2D eigenvalue weighted by Crippen LogP contribution is -2.20. The second-order valence-electron chi connectivity index (χ2n) is 5.65. The minimum atomic E-state index is -0.358. The van der Waals surface area contributed by atoms with Crippen LogP contribution in [0, 0.1) is 5.82 Å². The van der Waals surface area contributed by atoms with Gasteiger partial charge in [0, 0.05) is 16.9 Å².